The number of carbonyl (C=O) groups excluding carboxylic acids is 1. The van der Waals surface area contributed by atoms with Crippen LogP contribution in [0.1, 0.15) is 49.4 Å². The minimum absolute atomic E-state index is 0.109. The molecule has 1 aliphatic rings. The smallest absolute Gasteiger partial charge is 0.175 e. The lowest BCUT2D eigenvalue weighted by atomic mass is 9.77. The van der Waals surface area contributed by atoms with Gasteiger partial charge in [-0.3, -0.25) is 4.79 Å². The van der Waals surface area contributed by atoms with Crippen LogP contribution in [-0.2, 0) is 9.84 Å². The molecular weight excluding hydrogens is 272 g/mol. The van der Waals surface area contributed by atoms with Crippen molar-refractivity contribution in [2.75, 3.05) is 6.26 Å². The number of rotatable bonds is 4. The van der Waals surface area contributed by atoms with Gasteiger partial charge in [0.1, 0.15) is 0 Å². The highest BCUT2D eigenvalue weighted by Crippen LogP contribution is 2.33. The molecular formula is C16H22O3S. The molecule has 0 aliphatic heterocycles. The molecule has 4 heteroatoms. The molecule has 1 fully saturated rings. The minimum Gasteiger partial charge on any atom is -0.294 e. The summed E-state index contributed by atoms with van der Waals surface area (Å²) in [6, 6.07) is 6.36. The zero-order chi connectivity index (χ0) is 14.8. The second-order valence-corrected chi connectivity index (χ2v) is 7.81. The van der Waals surface area contributed by atoms with Crippen molar-refractivity contribution in [3.05, 3.63) is 29.8 Å². The summed E-state index contributed by atoms with van der Waals surface area (Å²) in [4.78, 5) is 12.7. The number of ketones is 1. The highest BCUT2D eigenvalue weighted by atomic mass is 32.2. The first-order valence-corrected chi connectivity index (χ1v) is 9.15. The van der Waals surface area contributed by atoms with E-state index in [1.165, 1.54) is 24.8 Å². The first-order valence-electron chi connectivity index (χ1n) is 7.26. The Labute approximate surface area is 121 Å². The lowest BCUT2D eigenvalue weighted by Crippen LogP contribution is -2.22. The first-order chi connectivity index (χ1) is 9.41. The third kappa shape index (κ3) is 3.48. The van der Waals surface area contributed by atoms with Gasteiger partial charge in [0.15, 0.2) is 15.6 Å². The van der Waals surface area contributed by atoms with Crippen LogP contribution in [0.3, 0.4) is 0 Å². The fourth-order valence-electron chi connectivity index (χ4n) is 3.00. The van der Waals surface area contributed by atoms with Gasteiger partial charge in [-0.25, -0.2) is 8.42 Å². The van der Waals surface area contributed by atoms with Crippen molar-refractivity contribution in [2.45, 2.75) is 43.9 Å². The average molecular weight is 294 g/mol. The number of benzene rings is 1. The van der Waals surface area contributed by atoms with E-state index in [2.05, 4.69) is 6.92 Å². The molecule has 0 spiro atoms. The largest absolute Gasteiger partial charge is 0.294 e. The van der Waals surface area contributed by atoms with E-state index in [9.17, 15) is 13.2 Å². The van der Waals surface area contributed by atoms with Crippen molar-refractivity contribution in [2.24, 2.45) is 11.8 Å². The number of sulfone groups is 1. The molecule has 0 aromatic heterocycles. The van der Waals surface area contributed by atoms with Crippen molar-refractivity contribution in [3.8, 4) is 0 Å². The lowest BCUT2D eigenvalue weighted by Gasteiger charge is -2.27. The van der Waals surface area contributed by atoms with Crippen LogP contribution in [0, 0.1) is 11.8 Å². The van der Waals surface area contributed by atoms with Crippen molar-refractivity contribution >= 4 is 15.6 Å². The molecule has 0 radical (unpaired) electrons. The van der Waals surface area contributed by atoms with Gasteiger partial charge < -0.3 is 0 Å². The molecule has 1 aromatic rings. The van der Waals surface area contributed by atoms with Crippen molar-refractivity contribution in [3.63, 3.8) is 0 Å². The molecule has 1 aromatic carbocycles. The Bertz CT molecular complexity index is 572. The van der Waals surface area contributed by atoms with Crippen LogP contribution in [-0.4, -0.2) is 20.5 Å². The zero-order valence-corrected chi connectivity index (χ0v) is 12.9. The Hall–Kier alpha value is -1.16. The number of hydrogen-bond donors (Lipinski definition) is 0. The van der Waals surface area contributed by atoms with E-state index in [1.54, 1.807) is 12.1 Å². The van der Waals surface area contributed by atoms with Crippen LogP contribution in [0.25, 0.3) is 0 Å². The molecule has 1 aliphatic carbocycles. The number of hydrogen-bond acceptors (Lipinski definition) is 3. The van der Waals surface area contributed by atoms with Gasteiger partial charge in [-0.1, -0.05) is 38.3 Å². The number of Topliss-reactive ketones (excluding diaryl/α,β-unsaturated/α-hetero) is 1. The van der Waals surface area contributed by atoms with Gasteiger partial charge in [-0.2, -0.15) is 0 Å². The molecule has 1 saturated carbocycles. The van der Waals surface area contributed by atoms with E-state index in [1.807, 2.05) is 0 Å². The third-order valence-corrected chi connectivity index (χ3v) is 5.43. The maximum atomic E-state index is 12.5. The average Bonchev–Trinajstić information content (AvgIpc) is 2.46. The van der Waals surface area contributed by atoms with Gasteiger partial charge >= 0.3 is 0 Å². The van der Waals surface area contributed by atoms with Crippen molar-refractivity contribution in [1.29, 1.82) is 0 Å². The van der Waals surface area contributed by atoms with Crippen molar-refractivity contribution < 1.29 is 13.2 Å². The summed E-state index contributed by atoms with van der Waals surface area (Å²) >= 11 is 0. The maximum absolute atomic E-state index is 12.5. The maximum Gasteiger partial charge on any atom is 0.175 e. The Morgan fingerprint density at radius 3 is 2.40 bits per heavy atom. The molecule has 0 amide bonds. The second kappa shape index (κ2) is 6.08. The summed E-state index contributed by atoms with van der Waals surface area (Å²) in [5.41, 5.74) is 0.638. The van der Waals surface area contributed by atoms with E-state index < -0.39 is 9.84 Å². The topological polar surface area (TPSA) is 51.2 Å². The summed E-state index contributed by atoms with van der Waals surface area (Å²) in [7, 11) is -3.19. The van der Waals surface area contributed by atoms with E-state index >= 15 is 0 Å². The Morgan fingerprint density at radius 2 is 1.85 bits per heavy atom. The molecule has 0 heterocycles. The molecule has 0 saturated heterocycles. The highest BCUT2D eigenvalue weighted by Gasteiger charge is 2.27. The fraction of sp³-hybridized carbons (Fsp3) is 0.562. The highest BCUT2D eigenvalue weighted by molar-refractivity contribution is 7.90. The molecule has 2 rings (SSSR count). The fourth-order valence-corrected chi connectivity index (χ4v) is 3.63. The number of carbonyl (C=O) groups is 1. The Morgan fingerprint density at radius 1 is 1.20 bits per heavy atom. The minimum atomic E-state index is -3.19. The summed E-state index contributed by atoms with van der Waals surface area (Å²) in [6.07, 6.45) is 6.60. The van der Waals surface area contributed by atoms with Gasteiger partial charge in [-0.05, 0) is 30.9 Å². The normalized spacial score (nSPS) is 23.5. The Kier molecular flexibility index (Phi) is 4.63. The van der Waals surface area contributed by atoms with Crippen LogP contribution in [0.15, 0.2) is 29.2 Å². The van der Waals surface area contributed by atoms with Gasteiger partial charge in [-0.15, -0.1) is 0 Å². The SMILES string of the molecule is CCC1CCCC(C(=O)c2ccc(S(C)(=O)=O)cc2)C1. The van der Waals surface area contributed by atoms with Crippen LogP contribution in [0.4, 0.5) is 0 Å². The van der Waals surface area contributed by atoms with E-state index in [0.717, 1.165) is 25.7 Å². The molecule has 110 valence electrons. The standard InChI is InChI=1S/C16H22O3S/c1-3-12-5-4-6-14(11-12)16(17)13-7-9-15(10-8-13)20(2,18)19/h7-10,12,14H,3-6,11H2,1-2H3. The summed E-state index contributed by atoms with van der Waals surface area (Å²) in [5.74, 6) is 0.939. The molecule has 0 bridgehead atoms. The molecule has 20 heavy (non-hydrogen) atoms. The Balaban J connectivity index is 2.13. The third-order valence-electron chi connectivity index (χ3n) is 4.30. The van der Waals surface area contributed by atoms with Crippen LogP contribution >= 0.6 is 0 Å². The van der Waals surface area contributed by atoms with Gasteiger partial charge in [0, 0.05) is 17.7 Å². The monoisotopic (exact) mass is 294 g/mol. The second-order valence-electron chi connectivity index (χ2n) is 5.80. The summed E-state index contributed by atoms with van der Waals surface area (Å²) in [6.45, 7) is 2.18. The predicted octanol–water partition coefficient (Wildman–Crippen LogP) is 3.49. The van der Waals surface area contributed by atoms with Crippen LogP contribution < -0.4 is 0 Å². The zero-order valence-electron chi connectivity index (χ0n) is 12.1. The molecule has 0 N–H and O–H groups in total. The predicted molar refractivity (Wildman–Crippen MR) is 79.6 cm³/mol. The molecule has 3 nitrogen and oxygen atoms in total. The van der Waals surface area contributed by atoms with Gasteiger partial charge in [0.05, 0.1) is 4.90 Å². The summed E-state index contributed by atoms with van der Waals surface area (Å²) in [5, 5.41) is 0. The van der Waals surface area contributed by atoms with E-state index in [4.69, 9.17) is 0 Å². The van der Waals surface area contributed by atoms with Crippen molar-refractivity contribution in [1.82, 2.24) is 0 Å². The first kappa shape index (κ1) is 15.2. The van der Waals surface area contributed by atoms with Crippen LogP contribution in [0.5, 0.6) is 0 Å². The summed E-state index contributed by atoms with van der Waals surface area (Å²) < 4.78 is 22.8. The molecule has 2 unspecified atom stereocenters. The van der Waals surface area contributed by atoms with E-state index in [0.29, 0.717) is 11.5 Å². The quantitative estimate of drug-likeness (QED) is 0.799. The van der Waals surface area contributed by atoms with Gasteiger partial charge in [0.2, 0.25) is 0 Å². The molecule has 2 atom stereocenters. The van der Waals surface area contributed by atoms with Gasteiger partial charge in [0.25, 0.3) is 0 Å². The van der Waals surface area contributed by atoms with E-state index in [-0.39, 0.29) is 16.6 Å². The van der Waals surface area contributed by atoms with Crippen LogP contribution in [0.2, 0.25) is 0 Å². The lowest BCUT2D eigenvalue weighted by molar-refractivity contribution is 0.0862.